The Morgan fingerprint density at radius 3 is 2.01 bits per heavy atom. The minimum atomic E-state index is -0.586. The fourth-order valence-electron chi connectivity index (χ4n) is 9.74. The maximum Gasteiger partial charge on any atom is 0.248 e. The zero-order chi connectivity index (χ0) is 55.1. The van der Waals surface area contributed by atoms with Gasteiger partial charge < -0.3 is 54.0 Å². The summed E-state index contributed by atoms with van der Waals surface area (Å²) < 4.78 is 34.3. The molecule has 7 rings (SSSR count). The van der Waals surface area contributed by atoms with E-state index in [1.165, 1.54) is 16.9 Å². The van der Waals surface area contributed by atoms with Crippen molar-refractivity contribution in [2.24, 2.45) is 5.92 Å². The van der Waals surface area contributed by atoms with Crippen molar-refractivity contribution in [2.75, 3.05) is 93.3 Å². The highest BCUT2D eigenvalue weighted by molar-refractivity contribution is 7.10. The molecule has 1 aromatic heterocycles. The number of allylic oxidation sites excluding steroid dienone is 1. The first-order chi connectivity index (χ1) is 38.0. The molecule has 3 N–H and O–H groups in total. The zero-order valence-electron chi connectivity index (χ0n) is 45.6. The molecule has 1 unspecified atom stereocenters. The standard InChI is InChI=1S/C61H77N5O11S/c1-5-52(44-14-8-6-9-15-44)56(45-21-25-49(67)26-22-45)46-23-27-50(28-24-46)76-31-30-65(4)55(68)41-75-37-36-73-33-32-72-34-35-74-38-39-77-51-19-12-18-48(40-51)58(69)53-42-78-60(63-53)54-20-13-29-66(54)61(71)57(47-16-10-7-11-17-47)64-59(70)43(2)62-3/h6,8-9,12,14-15,18-19,21-28,40,42-43,47,54,57,62,67H,5,7,10-11,13,16-17,20,29-39,41H2,1-4H3,(H,64,70)/b56-52-/t43?,54-,57-/m0/s1. The summed E-state index contributed by atoms with van der Waals surface area (Å²) in [5, 5.41) is 18.5. The SMILES string of the molecule is CC/C(=C(\c1ccc(O)cc1)c1ccc(OCCN(C)C(=O)COCCOCCOCCOCCOc2cccc(C(=O)c3csc([C@@H]4CCCN4C(=O)[C@@H](NC(=O)C(C)NC)C4CCCCC4)n3)c2)cc1)c1ccccc1. The molecule has 2 fully saturated rings. The van der Waals surface area contributed by atoms with Gasteiger partial charge in [-0.3, -0.25) is 19.2 Å². The monoisotopic (exact) mass is 1090 g/mol. The highest BCUT2D eigenvalue weighted by Gasteiger charge is 2.40. The van der Waals surface area contributed by atoms with Gasteiger partial charge in [-0.05, 0) is 116 Å². The topological polar surface area (TPSA) is 187 Å². The molecule has 3 atom stereocenters. The molecule has 1 saturated carbocycles. The van der Waals surface area contributed by atoms with Gasteiger partial charge in [0.25, 0.3) is 0 Å². The number of carbonyl (C=O) groups is 4. The Balaban J connectivity index is 0.724. The Bertz CT molecular complexity index is 2690. The first-order valence-corrected chi connectivity index (χ1v) is 28.3. The molecule has 1 saturated heterocycles. The Kier molecular flexibility index (Phi) is 23.7. The van der Waals surface area contributed by atoms with Crippen LogP contribution in [0.25, 0.3) is 11.1 Å². The van der Waals surface area contributed by atoms with Gasteiger partial charge in [0, 0.05) is 24.5 Å². The van der Waals surface area contributed by atoms with Crippen LogP contribution in [0.2, 0.25) is 0 Å². The minimum absolute atomic E-state index is 0.0636. The largest absolute Gasteiger partial charge is 0.508 e. The number of nitrogens with zero attached hydrogens (tertiary/aromatic N) is 3. The van der Waals surface area contributed by atoms with E-state index < -0.39 is 12.1 Å². The van der Waals surface area contributed by atoms with E-state index in [0.29, 0.717) is 82.1 Å². The molecule has 2 aliphatic rings. The molecule has 5 aromatic rings. The number of carbonyl (C=O) groups excluding carboxylic acids is 4. The number of ketones is 1. The van der Waals surface area contributed by atoms with Crippen LogP contribution in [0.3, 0.4) is 0 Å². The quantitative estimate of drug-likeness (QED) is 0.0217. The lowest BCUT2D eigenvalue weighted by atomic mass is 9.83. The number of hydrogen-bond acceptors (Lipinski definition) is 14. The third kappa shape index (κ3) is 17.3. The lowest BCUT2D eigenvalue weighted by Gasteiger charge is -2.35. The van der Waals surface area contributed by atoms with Crippen LogP contribution in [0.4, 0.5) is 0 Å². The summed E-state index contributed by atoms with van der Waals surface area (Å²) in [5.74, 6) is 0.919. The van der Waals surface area contributed by atoms with Crippen LogP contribution in [-0.2, 0) is 33.3 Å². The Morgan fingerprint density at radius 2 is 1.35 bits per heavy atom. The van der Waals surface area contributed by atoms with E-state index >= 15 is 0 Å². The van der Waals surface area contributed by atoms with Gasteiger partial charge >= 0.3 is 0 Å². The number of amides is 3. The average Bonchev–Trinajstić information content (AvgIpc) is 4.19. The fraction of sp³-hybridized carbons (Fsp3) is 0.459. The van der Waals surface area contributed by atoms with Crippen LogP contribution in [-0.4, -0.2) is 149 Å². The van der Waals surface area contributed by atoms with Gasteiger partial charge in [-0.2, -0.15) is 0 Å². The molecule has 0 spiro atoms. The van der Waals surface area contributed by atoms with E-state index in [-0.39, 0.29) is 61.0 Å². The molecular formula is C61H77N5O11S. The molecule has 16 nitrogen and oxygen atoms in total. The van der Waals surface area contributed by atoms with Crippen molar-refractivity contribution in [1.82, 2.24) is 25.4 Å². The van der Waals surface area contributed by atoms with Crippen molar-refractivity contribution in [1.29, 1.82) is 0 Å². The number of aromatic hydroxyl groups is 1. The van der Waals surface area contributed by atoms with Gasteiger partial charge in [0.2, 0.25) is 23.5 Å². The average molecular weight is 1090 g/mol. The third-order valence-corrected chi connectivity index (χ3v) is 15.2. The second kappa shape index (κ2) is 31.2. The number of thiazole rings is 1. The van der Waals surface area contributed by atoms with Crippen LogP contribution >= 0.6 is 11.3 Å². The van der Waals surface area contributed by atoms with Crippen LogP contribution in [0.5, 0.6) is 17.2 Å². The number of ether oxygens (including phenoxy) is 6. The number of rotatable bonds is 31. The second-order valence-electron chi connectivity index (χ2n) is 19.6. The Hall–Kier alpha value is -6.47. The summed E-state index contributed by atoms with van der Waals surface area (Å²) in [4.78, 5) is 61.7. The van der Waals surface area contributed by atoms with Gasteiger partial charge in [-0.25, -0.2) is 4.98 Å². The molecule has 0 radical (unpaired) electrons. The predicted molar refractivity (Wildman–Crippen MR) is 302 cm³/mol. The van der Waals surface area contributed by atoms with Crippen LogP contribution < -0.4 is 20.1 Å². The van der Waals surface area contributed by atoms with Crippen molar-refractivity contribution in [3.8, 4) is 17.2 Å². The molecule has 3 amide bonds. The number of hydrogen-bond donors (Lipinski definition) is 3. The van der Waals surface area contributed by atoms with E-state index in [0.717, 1.165) is 78.6 Å². The molecule has 4 aromatic carbocycles. The second-order valence-corrected chi connectivity index (χ2v) is 20.4. The maximum absolute atomic E-state index is 14.2. The summed E-state index contributed by atoms with van der Waals surface area (Å²) in [6.45, 7) is 7.86. The molecule has 78 heavy (non-hydrogen) atoms. The Labute approximate surface area is 463 Å². The zero-order valence-corrected chi connectivity index (χ0v) is 46.4. The number of aromatic nitrogens is 1. The number of benzene rings is 4. The summed E-state index contributed by atoms with van der Waals surface area (Å²) >= 11 is 1.39. The number of nitrogens with one attached hydrogen (secondary N) is 2. The molecule has 418 valence electrons. The molecule has 2 heterocycles. The molecule has 17 heteroatoms. The summed E-state index contributed by atoms with van der Waals surface area (Å²) in [7, 11) is 3.45. The summed E-state index contributed by atoms with van der Waals surface area (Å²) in [6.07, 6.45) is 7.46. The molecular weight excluding hydrogens is 1010 g/mol. The number of likely N-dealkylation sites (N-methyl/N-ethyl adjacent to an activating group) is 2. The predicted octanol–water partition coefficient (Wildman–Crippen LogP) is 8.77. The highest BCUT2D eigenvalue weighted by Crippen LogP contribution is 2.38. The van der Waals surface area contributed by atoms with E-state index in [9.17, 15) is 24.3 Å². The van der Waals surface area contributed by atoms with Crippen molar-refractivity contribution in [3.63, 3.8) is 0 Å². The smallest absolute Gasteiger partial charge is 0.248 e. The van der Waals surface area contributed by atoms with Crippen molar-refractivity contribution in [3.05, 3.63) is 141 Å². The van der Waals surface area contributed by atoms with Crippen molar-refractivity contribution < 1.29 is 52.7 Å². The summed E-state index contributed by atoms with van der Waals surface area (Å²) in [6, 6.07) is 31.3. The molecule has 0 bridgehead atoms. The molecule has 1 aliphatic heterocycles. The summed E-state index contributed by atoms with van der Waals surface area (Å²) in [5.41, 5.74) is 6.26. The normalized spacial score (nSPS) is 15.8. The maximum atomic E-state index is 14.2. The number of phenolic OH excluding ortho intramolecular Hbond substituents is 1. The van der Waals surface area contributed by atoms with E-state index in [1.807, 2.05) is 59.5 Å². The Morgan fingerprint density at radius 1 is 0.718 bits per heavy atom. The van der Waals surface area contributed by atoms with E-state index in [2.05, 4.69) is 29.7 Å². The van der Waals surface area contributed by atoms with Crippen LogP contribution in [0.15, 0.2) is 109 Å². The van der Waals surface area contributed by atoms with E-state index in [1.54, 1.807) is 67.7 Å². The van der Waals surface area contributed by atoms with Gasteiger partial charge in [0.05, 0.1) is 64.9 Å². The van der Waals surface area contributed by atoms with Crippen LogP contribution in [0.1, 0.15) is 109 Å². The highest BCUT2D eigenvalue weighted by atomic mass is 32.1. The first kappa shape index (κ1) is 59.2. The van der Waals surface area contributed by atoms with Gasteiger partial charge in [-0.1, -0.05) is 92.9 Å². The van der Waals surface area contributed by atoms with Gasteiger partial charge in [0.15, 0.2) is 0 Å². The molecule has 1 aliphatic carbocycles. The van der Waals surface area contributed by atoms with E-state index in [4.69, 9.17) is 33.4 Å². The number of phenols is 1. The van der Waals surface area contributed by atoms with Gasteiger partial charge in [0.1, 0.15) is 53.8 Å². The third-order valence-electron chi connectivity index (χ3n) is 14.2. The van der Waals surface area contributed by atoms with Crippen molar-refractivity contribution >= 4 is 46.0 Å². The van der Waals surface area contributed by atoms with Gasteiger partial charge in [-0.15, -0.1) is 11.3 Å². The number of likely N-dealkylation sites (tertiary alicyclic amines) is 1. The first-order valence-electron chi connectivity index (χ1n) is 27.4. The van der Waals surface area contributed by atoms with Crippen LogP contribution in [0, 0.1) is 5.92 Å². The lowest BCUT2D eigenvalue weighted by molar-refractivity contribution is -0.139. The lowest BCUT2D eigenvalue weighted by Crippen LogP contribution is -2.55. The minimum Gasteiger partial charge on any atom is -0.508 e. The van der Waals surface area contributed by atoms with Crippen molar-refractivity contribution in [2.45, 2.75) is 83.3 Å². The fourth-order valence-corrected chi connectivity index (χ4v) is 10.7.